The molecule has 1 heterocycles. The number of nitrogens with zero attached hydrogens (tertiary/aromatic N) is 3. The van der Waals surface area contributed by atoms with Crippen LogP contribution in [-0.4, -0.2) is 48.0 Å². The van der Waals surface area contributed by atoms with Crippen LogP contribution in [0.25, 0.3) is 11.3 Å². The fourth-order valence-electron chi connectivity index (χ4n) is 5.47. The zero-order valence-corrected chi connectivity index (χ0v) is 25.6. The van der Waals surface area contributed by atoms with Crippen LogP contribution in [-0.2, 0) is 11.2 Å². The van der Waals surface area contributed by atoms with E-state index in [2.05, 4.69) is 106 Å². The van der Waals surface area contributed by atoms with Gasteiger partial charge in [-0.1, -0.05) is 71.4 Å². The number of rotatable bonds is 11. The molecule has 212 valence electrons. The van der Waals surface area contributed by atoms with E-state index in [-0.39, 0.29) is 17.7 Å². The molecule has 0 saturated heterocycles. The number of aromatic nitrogens is 2. The van der Waals surface area contributed by atoms with Gasteiger partial charge < -0.3 is 15.5 Å². The summed E-state index contributed by atoms with van der Waals surface area (Å²) >= 11 is 3.47. The molecule has 0 radical (unpaired) electrons. The van der Waals surface area contributed by atoms with Crippen molar-refractivity contribution >= 4 is 33.5 Å². The minimum absolute atomic E-state index is 0.0179. The number of halogens is 1. The Morgan fingerprint density at radius 1 is 1.02 bits per heavy atom. The van der Waals surface area contributed by atoms with E-state index in [0.29, 0.717) is 12.4 Å². The van der Waals surface area contributed by atoms with Gasteiger partial charge in [0.15, 0.2) is 0 Å². The number of carbonyl (C=O) groups is 1. The monoisotopic (exact) mass is 611 g/mol. The Balaban J connectivity index is 1.24. The van der Waals surface area contributed by atoms with Gasteiger partial charge >= 0.3 is 0 Å². The highest BCUT2D eigenvalue weighted by Crippen LogP contribution is 2.42. The maximum Gasteiger partial charge on any atom is 0.224 e. The average molecular weight is 613 g/mol. The number of carbonyl (C=O) groups excluding carboxylic acids is 1. The summed E-state index contributed by atoms with van der Waals surface area (Å²) in [6.07, 6.45) is 5.48. The van der Waals surface area contributed by atoms with Crippen LogP contribution in [0.2, 0.25) is 0 Å². The number of amides is 1. The second kappa shape index (κ2) is 13.4. The summed E-state index contributed by atoms with van der Waals surface area (Å²) in [6.45, 7) is 4.03. The highest BCUT2D eigenvalue weighted by Gasteiger charge is 2.27. The van der Waals surface area contributed by atoms with Gasteiger partial charge in [-0.25, -0.2) is 9.97 Å². The lowest BCUT2D eigenvalue weighted by atomic mass is 9.78. The van der Waals surface area contributed by atoms with E-state index in [1.807, 2.05) is 30.5 Å². The number of unbranched alkanes of at least 4 members (excludes halogenated alkanes) is 1. The molecule has 2 N–H and O–H groups in total. The molecule has 2 unspecified atom stereocenters. The highest BCUT2D eigenvalue weighted by molar-refractivity contribution is 9.10. The number of hydrogen-bond donors (Lipinski definition) is 2. The third-order valence-corrected chi connectivity index (χ3v) is 8.25. The minimum Gasteiger partial charge on any atom is -0.354 e. The molecule has 5 rings (SSSR count). The molecule has 2 atom stereocenters. The Hall–Kier alpha value is -3.55. The summed E-state index contributed by atoms with van der Waals surface area (Å²) < 4.78 is 1.04. The molecule has 0 saturated carbocycles. The van der Waals surface area contributed by atoms with Crippen LogP contribution < -0.4 is 10.6 Å². The fraction of sp³-hybridized carbons (Fsp3) is 0.324. The summed E-state index contributed by atoms with van der Waals surface area (Å²) in [5, 5.41) is 6.49. The van der Waals surface area contributed by atoms with Gasteiger partial charge in [-0.2, -0.15) is 0 Å². The van der Waals surface area contributed by atoms with E-state index in [0.717, 1.165) is 64.9 Å². The van der Waals surface area contributed by atoms with Crippen molar-refractivity contribution in [3.05, 3.63) is 106 Å². The molecule has 7 heteroatoms. The quantitative estimate of drug-likeness (QED) is 0.172. The topological polar surface area (TPSA) is 70.2 Å². The molecule has 1 aliphatic rings. The van der Waals surface area contributed by atoms with Crippen molar-refractivity contribution in [2.75, 3.05) is 37.8 Å². The van der Waals surface area contributed by atoms with Crippen molar-refractivity contribution in [1.82, 2.24) is 14.9 Å². The molecule has 3 aromatic carbocycles. The zero-order valence-electron chi connectivity index (χ0n) is 24.0. The lowest BCUT2D eigenvalue weighted by molar-refractivity contribution is -0.116. The average Bonchev–Trinajstić information content (AvgIpc) is 2.97. The van der Waals surface area contributed by atoms with E-state index < -0.39 is 0 Å². The molecule has 1 aliphatic carbocycles. The van der Waals surface area contributed by atoms with Crippen molar-refractivity contribution < 1.29 is 4.79 Å². The fourth-order valence-corrected chi connectivity index (χ4v) is 5.73. The first-order chi connectivity index (χ1) is 19.9. The van der Waals surface area contributed by atoms with Crippen LogP contribution >= 0.6 is 15.9 Å². The Bertz CT molecular complexity index is 1470. The summed E-state index contributed by atoms with van der Waals surface area (Å²) in [7, 11) is 4.20. The van der Waals surface area contributed by atoms with Gasteiger partial charge in [0.1, 0.15) is 0 Å². The van der Waals surface area contributed by atoms with Crippen LogP contribution in [0.4, 0.5) is 11.6 Å². The SMILES string of the molecule is CC(CC(=O)Nc1ccc(C2Cc3cnc(NCCCCN(C)C)nc3-c3ccccc32)cc1)c1ccc(Br)cc1. The van der Waals surface area contributed by atoms with Gasteiger partial charge in [0.05, 0.1) is 5.69 Å². The molecular weight excluding hydrogens is 574 g/mol. The lowest BCUT2D eigenvalue weighted by Gasteiger charge is -2.27. The van der Waals surface area contributed by atoms with Crippen LogP contribution in [0, 0.1) is 0 Å². The summed E-state index contributed by atoms with van der Waals surface area (Å²) in [5.74, 6) is 1.05. The number of fused-ring (bicyclic) bond motifs is 3. The minimum atomic E-state index is 0.0179. The van der Waals surface area contributed by atoms with E-state index >= 15 is 0 Å². The largest absolute Gasteiger partial charge is 0.354 e. The molecule has 0 fully saturated rings. The number of benzene rings is 3. The van der Waals surface area contributed by atoms with Crippen molar-refractivity contribution in [3.63, 3.8) is 0 Å². The predicted molar refractivity (Wildman–Crippen MR) is 172 cm³/mol. The van der Waals surface area contributed by atoms with E-state index in [1.54, 1.807) is 0 Å². The van der Waals surface area contributed by atoms with Gasteiger partial charge in [0.2, 0.25) is 11.9 Å². The van der Waals surface area contributed by atoms with Gasteiger partial charge in [0.25, 0.3) is 0 Å². The first kappa shape index (κ1) is 29.0. The maximum absolute atomic E-state index is 12.8. The van der Waals surface area contributed by atoms with Gasteiger partial charge in [0, 0.05) is 40.8 Å². The normalized spacial score (nSPS) is 14.7. The first-order valence-corrected chi connectivity index (χ1v) is 15.2. The smallest absolute Gasteiger partial charge is 0.224 e. The predicted octanol–water partition coefficient (Wildman–Crippen LogP) is 7.48. The van der Waals surface area contributed by atoms with Gasteiger partial charge in [-0.05, 0) is 92.3 Å². The van der Waals surface area contributed by atoms with Crippen LogP contribution in [0.5, 0.6) is 0 Å². The number of nitrogens with one attached hydrogen (secondary N) is 2. The Labute approximate surface area is 251 Å². The van der Waals surface area contributed by atoms with E-state index in [4.69, 9.17) is 4.98 Å². The molecule has 0 aliphatic heterocycles. The first-order valence-electron chi connectivity index (χ1n) is 14.4. The van der Waals surface area contributed by atoms with Crippen molar-refractivity contribution in [1.29, 1.82) is 0 Å². The van der Waals surface area contributed by atoms with Crippen LogP contribution in [0.1, 0.15) is 60.3 Å². The van der Waals surface area contributed by atoms with Crippen molar-refractivity contribution in [2.24, 2.45) is 0 Å². The summed E-state index contributed by atoms with van der Waals surface area (Å²) in [4.78, 5) is 24.5. The molecule has 0 bridgehead atoms. The molecule has 1 amide bonds. The molecule has 41 heavy (non-hydrogen) atoms. The van der Waals surface area contributed by atoms with Gasteiger partial charge in [-0.3, -0.25) is 4.79 Å². The maximum atomic E-state index is 12.8. The van der Waals surface area contributed by atoms with Crippen molar-refractivity contribution in [2.45, 2.75) is 44.4 Å². The van der Waals surface area contributed by atoms with E-state index in [9.17, 15) is 4.79 Å². The summed E-state index contributed by atoms with van der Waals surface area (Å²) in [5.41, 5.74) is 7.80. The van der Waals surface area contributed by atoms with Crippen LogP contribution in [0.3, 0.4) is 0 Å². The Kier molecular flexibility index (Phi) is 9.47. The summed E-state index contributed by atoms with van der Waals surface area (Å²) in [6, 6.07) is 25.0. The Morgan fingerprint density at radius 3 is 2.54 bits per heavy atom. The third-order valence-electron chi connectivity index (χ3n) is 7.72. The molecule has 4 aromatic rings. The van der Waals surface area contributed by atoms with E-state index in [1.165, 1.54) is 11.1 Å². The third kappa shape index (κ3) is 7.40. The molecular formula is C34H38BrN5O. The lowest BCUT2D eigenvalue weighted by Crippen LogP contribution is -2.17. The second-order valence-corrected chi connectivity index (χ2v) is 12.1. The molecule has 0 spiro atoms. The highest BCUT2D eigenvalue weighted by atomic mass is 79.9. The number of anilines is 2. The number of hydrogen-bond acceptors (Lipinski definition) is 5. The van der Waals surface area contributed by atoms with Crippen LogP contribution in [0.15, 0.2) is 83.5 Å². The van der Waals surface area contributed by atoms with Gasteiger partial charge in [-0.15, -0.1) is 0 Å². The van der Waals surface area contributed by atoms with Crippen molar-refractivity contribution in [3.8, 4) is 11.3 Å². The molecule has 1 aromatic heterocycles. The second-order valence-electron chi connectivity index (χ2n) is 11.2. The molecule has 6 nitrogen and oxygen atoms in total. The zero-order chi connectivity index (χ0) is 28.8. The Morgan fingerprint density at radius 2 is 1.78 bits per heavy atom. The standard InChI is InChI=1S/C34H38BrN5O/c1-23(24-10-14-27(35)15-11-24)20-32(41)38-28-16-12-25(13-17-28)31-21-26-22-37-34(36-18-6-7-19-40(2)3)39-33(26)30-9-5-4-8-29(30)31/h4-5,8-17,22-23,31H,6-7,18-21H2,1-3H3,(H,38,41)(H,36,37,39).